The lowest BCUT2D eigenvalue weighted by molar-refractivity contribution is -0.129. The molecule has 2 amide bonds. The second-order valence-electron chi connectivity index (χ2n) is 7.35. The number of carbonyl (C=O) groups is 2. The third-order valence-electron chi connectivity index (χ3n) is 4.03. The highest BCUT2D eigenvalue weighted by Crippen LogP contribution is 2.20. The Morgan fingerprint density at radius 3 is 2.23 bits per heavy atom. The van der Waals surface area contributed by atoms with E-state index in [1.807, 2.05) is 52.8 Å². The summed E-state index contributed by atoms with van der Waals surface area (Å²) in [5.41, 5.74) is 1.45. The molecule has 0 atom stereocenters. The van der Waals surface area contributed by atoms with Gasteiger partial charge in [-0.15, -0.1) is 0 Å². The lowest BCUT2D eigenvalue weighted by Gasteiger charge is -2.26. The van der Waals surface area contributed by atoms with Gasteiger partial charge in [0.2, 0.25) is 11.8 Å². The normalized spacial score (nSPS) is 11.3. The third kappa shape index (κ3) is 4.36. The van der Waals surface area contributed by atoms with Gasteiger partial charge in [-0.25, -0.2) is 9.66 Å². The monoisotopic (exact) mass is 373 g/mol. The van der Waals surface area contributed by atoms with Crippen LogP contribution in [0.3, 0.4) is 0 Å². The number of carbonyl (C=O) groups excluding carboxylic acids is 2. The van der Waals surface area contributed by atoms with Crippen molar-refractivity contribution in [1.29, 1.82) is 0 Å². The van der Waals surface area contributed by atoms with Crippen LogP contribution in [0, 0.1) is 16.5 Å². The number of aryl methyl sites for hydroxylation is 1. The van der Waals surface area contributed by atoms with Crippen molar-refractivity contribution in [3.63, 3.8) is 0 Å². The van der Waals surface area contributed by atoms with Gasteiger partial charge in [-0.2, -0.15) is 5.01 Å². The fraction of sp³-hybridized carbons (Fsp3) is 0.500. The van der Waals surface area contributed by atoms with Crippen LogP contribution in [-0.4, -0.2) is 21.5 Å². The van der Waals surface area contributed by atoms with Gasteiger partial charge in [-0.3, -0.25) is 9.59 Å². The molecule has 2 aromatic rings. The number of hydrogen-bond acceptors (Lipinski definition) is 4. The number of fused-ring (bicyclic) bond motifs is 1. The Balaban J connectivity index is 2.74. The largest absolute Gasteiger partial charge is 0.273 e. The van der Waals surface area contributed by atoms with Crippen molar-refractivity contribution >= 4 is 35.1 Å². The van der Waals surface area contributed by atoms with Crippen molar-refractivity contribution < 1.29 is 9.59 Å². The SMILES string of the molecule is CCc1cc2cccnc2n(N(C(=O)CC(C)C)C(=O)CC(C)C)c1=S. The van der Waals surface area contributed by atoms with E-state index >= 15 is 0 Å². The lowest BCUT2D eigenvalue weighted by atomic mass is 10.1. The Morgan fingerprint density at radius 2 is 1.73 bits per heavy atom. The minimum absolute atomic E-state index is 0.139. The van der Waals surface area contributed by atoms with Gasteiger partial charge in [-0.1, -0.05) is 46.8 Å². The average molecular weight is 374 g/mol. The van der Waals surface area contributed by atoms with Crippen LogP contribution in [0.4, 0.5) is 0 Å². The molecule has 0 bridgehead atoms. The maximum atomic E-state index is 13.0. The van der Waals surface area contributed by atoms with E-state index in [0.29, 0.717) is 16.7 Å². The molecule has 2 heterocycles. The van der Waals surface area contributed by atoms with Crippen LogP contribution in [0.5, 0.6) is 0 Å². The second-order valence-corrected chi connectivity index (χ2v) is 7.74. The zero-order valence-corrected chi connectivity index (χ0v) is 17.0. The van der Waals surface area contributed by atoms with Crippen molar-refractivity contribution in [3.05, 3.63) is 34.6 Å². The van der Waals surface area contributed by atoms with E-state index in [4.69, 9.17) is 12.2 Å². The molecule has 0 N–H and O–H groups in total. The zero-order valence-electron chi connectivity index (χ0n) is 16.2. The molecule has 0 aliphatic carbocycles. The third-order valence-corrected chi connectivity index (χ3v) is 4.47. The van der Waals surface area contributed by atoms with Gasteiger partial charge in [-0.05, 0) is 42.0 Å². The van der Waals surface area contributed by atoms with Crippen LogP contribution in [0.1, 0.15) is 53.0 Å². The number of pyridine rings is 2. The average Bonchev–Trinajstić information content (AvgIpc) is 2.55. The second kappa shape index (κ2) is 8.54. The summed E-state index contributed by atoms with van der Waals surface area (Å²) < 4.78 is 2.01. The number of amides is 2. The molecule has 6 heteroatoms. The summed E-state index contributed by atoms with van der Waals surface area (Å²) in [5.74, 6) is -0.219. The van der Waals surface area contributed by atoms with Crippen LogP contribution < -0.4 is 5.01 Å². The van der Waals surface area contributed by atoms with Gasteiger partial charge in [0.1, 0.15) is 4.64 Å². The van der Waals surface area contributed by atoms with Crippen molar-refractivity contribution in [3.8, 4) is 0 Å². The maximum Gasteiger partial charge on any atom is 0.248 e. The predicted molar refractivity (Wildman–Crippen MR) is 107 cm³/mol. The van der Waals surface area contributed by atoms with E-state index < -0.39 is 0 Å². The summed E-state index contributed by atoms with van der Waals surface area (Å²) in [6, 6.07) is 5.75. The van der Waals surface area contributed by atoms with Crippen LogP contribution in [0.25, 0.3) is 11.0 Å². The lowest BCUT2D eigenvalue weighted by Crippen LogP contribution is -2.47. The van der Waals surface area contributed by atoms with Crippen molar-refractivity contribution in [2.45, 2.75) is 53.9 Å². The number of hydrogen-bond donors (Lipinski definition) is 0. The minimum Gasteiger partial charge on any atom is -0.273 e. The van der Waals surface area contributed by atoms with Crippen molar-refractivity contribution in [2.24, 2.45) is 11.8 Å². The number of rotatable bonds is 6. The van der Waals surface area contributed by atoms with Crippen molar-refractivity contribution in [1.82, 2.24) is 9.66 Å². The first-order chi connectivity index (χ1) is 12.3. The topological polar surface area (TPSA) is 55.2 Å². The molecule has 0 saturated carbocycles. The first-order valence-electron chi connectivity index (χ1n) is 9.11. The van der Waals surface area contributed by atoms with E-state index in [2.05, 4.69) is 4.98 Å². The Bertz CT molecular complexity index is 849. The first-order valence-corrected chi connectivity index (χ1v) is 9.52. The summed E-state index contributed by atoms with van der Waals surface area (Å²) in [6.07, 6.45) is 2.91. The molecule has 0 aliphatic rings. The Labute approximate surface area is 160 Å². The Morgan fingerprint density at radius 1 is 1.15 bits per heavy atom. The van der Waals surface area contributed by atoms with Gasteiger partial charge in [0, 0.05) is 24.4 Å². The fourth-order valence-corrected chi connectivity index (χ4v) is 3.22. The summed E-state index contributed by atoms with van der Waals surface area (Å²) in [6.45, 7) is 9.85. The van der Waals surface area contributed by atoms with Gasteiger partial charge >= 0.3 is 0 Å². The highest BCUT2D eigenvalue weighted by molar-refractivity contribution is 7.71. The molecule has 0 unspecified atom stereocenters. The quantitative estimate of drug-likeness (QED) is 0.704. The molecule has 5 nitrogen and oxygen atoms in total. The molecular weight excluding hydrogens is 346 g/mol. The summed E-state index contributed by atoms with van der Waals surface area (Å²) in [7, 11) is 0. The summed E-state index contributed by atoms with van der Waals surface area (Å²) in [5, 5.41) is 2.08. The van der Waals surface area contributed by atoms with Crippen LogP contribution in [0.15, 0.2) is 24.4 Å². The number of imide groups is 1. The molecule has 0 aromatic carbocycles. The van der Waals surface area contributed by atoms with Gasteiger partial charge in [0.15, 0.2) is 5.65 Å². The summed E-state index contributed by atoms with van der Waals surface area (Å²) >= 11 is 5.64. The first kappa shape index (κ1) is 20.2. The maximum absolute atomic E-state index is 13.0. The number of nitrogens with zero attached hydrogens (tertiary/aromatic N) is 3. The molecule has 0 spiro atoms. The van der Waals surface area contributed by atoms with Crippen LogP contribution >= 0.6 is 12.2 Å². The zero-order chi connectivity index (χ0) is 19.4. The molecule has 0 fully saturated rings. The predicted octanol–water partition coefficient (Wildman–Crippen LogP) is 4.41. The van der Waals surface area contributed by atoms with E-state index in [-0.39, 0.29) is 36.5 Å². The molecule has 2 rings (SSSR count). The Kier molecular flexibility index (Phi) is 6.64. The Hall–Kier alpha value is -2.08. The molecule has 140 valence electrons. The van der Waals surface area contributed by atoms with Crippen molar-refractivity contribution in [2.75, 3.05) is 5.01 Å². The molecular formula is C20H27N3O2S. The fourth-order valence-electron chi connectivity index (χ4n) is 2.85. The molecule has 2 aromatic heterocycles. The standard InChI is InChI=1S/C20H27N3O2S/c1-6-15-12-16-8-7-9-21-19(16)23(20(15)26)22(17(24)10-13(2)3)18(25)11-14(4)5/h7-9,12-14H,6,10-11H2,1-5H3. The minimum atomic E-state index is -0.248. The van der Waals surface area contributed by atoms with Gasteiger partial charge in [0.25, 0.3) is 0 Å². The van der Waals surface area contributed by atoms with E-state index in [1.54, 1.807) is 10.9 Å². The highest BCUT2D eigenvalue weighted by Gasteiger charge is 2.27. The van der Waals surface area contributed by atoms with E-state index in [1.165, 1.54) is 5.01 Å². The smallest absolute Gasteiger partial charge is 0.248 e. The molecule has 26 heavy (non-hydrogen) atoms. The van der Waals surface area contributed by atoms with Crippen LogP contribution in [0.2, 0.25) is 0 Å². The van der Waals surface area contributed by atoms with Crippen LogP contribution in [-0.2, 0) is 16.0 Å². The van der Waals surface area contributed by atoms with Gasteiger partial charge < -0.3 is 0 Å². The summed E-state index contributed by atoms with van der Waals surface area (Å²) in [4.78, 5) is 30.4. The highest BCUT2D eigenvalue weighted by atomic mass is 32.1. The molecule has 0 aliphatic heterocycles. The van der Waals surface area contributed by atoms with Gasteiger partial charge in [0.05, 0.1) is 0 Å². The van der Waals surface area contributed by atoms with E-state index in [0.717, 1.165) is 10.9 Å². The molecule has 0 saturated heterocycles. The number of aromatic nitrogens is 2. The van der Waals surface area contributed by atoms with E-state index in [9.17, 15) is 9.59 Å². The molecule has 0 radical (unpaired) electrons.